The van der Waals surface area contributed by atoms with Crippen LogP contribution in [-0.2, 0) is 21.4 Å². The van der Waals surface area contributed by atoms with Crippen molar-refractivity contribution in [1.29, 1.82) is 0 Å². The highest BCUT2D eigenvalue weighted by atomic mass is 32.2. The van der Waals surface area contributed by atoms with E-state index in [0.29, 0.717) is 11.4 Å². The summed E-state index contributed by atoms with van der Waals surface area (Å²) in [5.74, 6) is -0.829. The summed E-state index contributed by atoms with van der Waals surface area (Å²) in [7, 11) is -3.79. The van der Waals surface area contributed by atoms with Crippen LogP contribution in [0.1, 0.15) is 5.69 Å². The van der Waals surface area contributed by atoms with Gasteiger partial charge < -0.3 is 15.4 Å². The third kappa shape index (κ3) is 4.50. The quantitative estimate of drug-likeness (QED) is 0.437. The summed E-state index contributed by atoms with van der Waals surface area (Å²) in [5.41, 5.74) is 0.756. The summed E-state index contributed by atoms with van der Waals surface area (Å²) >= 11 is 1.15. The summed E-state index contributed by atoms with van der Waals surface area (Å²) in [4.78, 5) is 26.3. The van der Waals surface area contributed by atoms with Crippen LogP contribution in [0.2, 0.25) is 0 Å². The lowest BCUT2D eigenvalue weighted by atomic mass is 10.3. The van der Waals surface area contributed by atoms with Gasteiger partial charge in [-0.15, -0.1) is 16.0 Å². The van der Waals surface area contributed by atoms with Crippen molar-refractivity contribution in [1.82, 2.24) is 14.8 Å². The Bertz CT molecular complexity index is 1110. The number of carbonyl (C=O) groups excluding carboxylic acids is 1. The molecule has 3 aromatic rings. The Kier molecular flexibility index (Phi) is 5.37. The maximum absolute atomic E-state index is 12.3. The molecule has 0 aliphatic carbocycles. The number of benzene rings is 1. The Morgan fingerprint density at radius 1 is 1.32 bits per heavy atom. The molecule has 0 unspecified atom stereocenters. The molecule has 0 atom stereocenters. The highest BCUT2D eigenvalue weighted by molar-refractivity contribution is 7.93. The molecular weight excluding hydrogens is 408 g/mol. The molecular formula is C15H14N6O5S2. The van der Waals surface area contributed by atoms with Gasteiger partial charge >= 0.3 is 5.82 Å². The summed E-state index contributed by atoms with van der Waals surface area (Å²) in [6.07, 6.45) is 1.48. The van der Waals surface area contributed by atoms with Crippen LogP contribution in [0.25, 0.3) is 0 Å². The normalized spacial score (nSPS) is 11.2. The average molecular weight is 422 g/mol. The topological polar surface area (TPSA) is 149 Å². The molecule has 1 amide bonds. The van der Waals surface area contributed by atoms with E-state index >= 15 is 0 Å². The monoisotopic (exact) mass is 422 g/mol. The molecule has 2 aromatic heterocycles. The molecule has 0 spiro atoms. The molecule has 0 bridgehead atoms. The van der Waals surface area contributed by atoms with Gasteiger partial charge in [0.2, 0.25) is 0 Å². The number of aryl methyl sites for hydroxylation is 1. The number of hydrogen-bond acceptors (Lipinski definition) is 8. The fraction of sp³-hybridized carbons (Fsp3) is 0.133. The highest BCUT2D eigenvalue weighted by Crippen LogP contribution is 2.20. The molecule has 0 radical (unpaired) electrons. The van der Waals surface area contributed by atoms with E-state index in [1.807, 2.05) is 0 Å². The predicted molar refractivity (Wildman–Crippen MR) is 102 cm³/mol. The molecule has 0 aliphatic rings. The number of nitrogens with zero attached hydrogens (tertiary/aromatic N) is 4. The van der Waals surface area contributed by atoms with Crippen LogP contribution in [0.4, 0.5) is 16.6 Å². The van der Waals surface area contributed by atoms with E-state index in [9.17, 15) is 23.3 Å². The van der Waals surface area contributed by atoms with Crippen molar-refractivity contribution < 1.29 is 18.1 Å². The van der Waals surface area contributed by atoms with Crippen LogP contribution in [-0.4, -0.2) is 34.0 Å². The van der Waals surface area contributed by atoms with Gasteiger partial charge in [-0.2, -0.15) is 0 Å². The van der Waals surface area contributed by atoms with E-state index in [4.69, 9.17) is 0 Å². The number of amides is 1. The number of hydrogen-bond donors (Lipinski definition) is 2. The lowest BCUT2D eigenvalue weighted by Gasteiger charge is -2.07. The smallest absolute Gasteiger partial charge is 0.345 e. The first kappa shape index (κ1) is 19.4. The van der Waals surface area contributed by atoms with Gasteiger partial charge in [0.1, 0.15) is 0 Å². The fourth-order valence-electron chi connectivity index (χ4n) is 2.30. The molecule has 0 saturated heterocycles. The Morgan fingerprint density at radius 2 is 2.04 bits per heavy atom. The minimum Gasteiger partial charge on any atom is -0.358 e. The number of rotatable bonds is 7. The first-order chi connectivity index (χ1) is 13.2. The van der Waals surface area contributed by atoms with Crippen molar-refractivity contribution >= 4 is 43.9 Å². The Morgan fingerprint density at radius 3 is 2.64 bits per heavy atom. The second-order valence-corrected chi connectivity index (χ2v) is 8.15. The standard InChI is InChI=1S/C15H14N6O5S2/c1-10-8-14(21(23)24)20(18-10)9-13(22)17-11-2-4-12(5-3-11)28(25,26)19-15-16-6-7-27-15/h2-8H,9H2,1H3,(H,16,19)(H,17,22). The van der Waals surface area contributed by atoms with Crippen molar-refractivity contribution in [3.8, 4) is 0 Å². The van der Waals surface area contributed by atoms with Gasteiger partial charge in [-0.25, -0.2) is 13.4 Å². The van der Waals surface area contributed by atoms with Crippen LogP contribution in [0.5, 0.6) is 0 Å². The third-order valence-electron chi connectivity index (χ3n) is 3.46. The maximum atomic E-state index is 12.3. The van der Waals surface area contributed by atoms with Crippen LogP contribution in [0.3, 0.4) is 0 Å². The van der Waals surface area contributed by atoms with E-state index in [1.165, 1.54) is 36.5 Å². The molecule has 13 heteroatoms. The van der Waals surface area contributed by atoms with Gasteiger partial charge in [0.15, 0.2) is 11.7 Å². The van der Waals surface area contributed by atoms with E-state index in [2.05, 4.69) is 20.1 Å². The van der Waals surface area contributed by atoms with Crippen molar-refractivity contribution in [2.75, 3.05) is 10.0 Å². The molecule has 1 aromatic carbocycles. The summed E-state index contributed by atoms with van der Waals surface area (Å²) in [6.45, 7) is 1.23. The molecule has 11 nitrogen and oxygen atoms in total. The maximum Gasteiger partial charge on any atom is 0.345 e. The summed E-state index contributed by atoms with van der Waals surface area (Å²) in [6, 6.07) is 6.74. The SMILES string of the molecule is Cc1cc([N+](=O)[O-])n(CC(=O)Nc2ccc(S(=O)(=O)Nc3nccs3)cc2)n1. The summed E-state index contributed by atoms with van der Waals surface area (Å²) in [5, 5.41) is 19.3. The fourth-order valence-corrected chi connectivity index (χ4v) is 4.09. The molecule has 2 N–H and O–H groups in total. The predicted octanol–water partition coefficient (Wildman–Crippen LogP) is 2.00. The van der Waals surface area contributed by atoms with Crippen molar-refractivity contribution in [2.24, 2.45) is 0 Å². The zero-order chi connectivity index (χ0) is 20.3. The molecule has 28 heavy (non-hydrogen) atoms. The van der Waals surface area contributed by atoms with Crippen LogP contribution in [0.15, 0.2) is 46.8 Å². The first-order valence-corrected chi connectivity index (χ1v) is 10.1. The lowest BCUT2D eigenvalue weighted by molar-refractivity contribution is -0.392. The van der Waals surface area contributed by atoms with Crippen LogP contribution >= 0.6 is 11.3 Å². The van der Waals surface area contributed by atoms with Gasteiger partial charge in [-0.3, -0.25) is 9.52 Å². The largest absolute Gasteiger partial charge is 0.358 e. The number of nitrogens with one attached hydrogen (secondary N) is 2. The number of thiazole rings is 1. The zero-order valence-electron chi connectivity index (χ0n) is 14.4. The lowest BCUT2D eigenvalue weighted by Crippen LogP contribution is -2.20. The van der Waals surface area contributed by atoms with Gasteiger partial charge in [0.25, 0.3) is 15.9 Å². The minimum absolute atomic E-state index is 0.000891. The van der Waals surface area contributed by atoms with E-state index in [-0.39, 0.29) is 22.4 Å². The minimum atomic E-state index is -3.79. The second-order valence-electron chi connectivity index (χ2n) is 5.57. The number of sulfonamides is 1. The molecule has 2 heterocycles. The van der Waals surface area contributed by atoms with Crippen LogP contribution in [0, 0.1) is 17.0 Å². The van der Waals surface area contributed by atoms with Crippen molar-refractivity contribution in [3.63, 3.8) is 0 Å². The Labute approximate surface area is 163 Å². The zero-order valence-corrected chi connectivity index (χ0v) is 16.0. The van der Waals surface area contributed by atoms with E-state index in [1.54, 1.807) is 12.3 Å². The second kappa shape index (κ2) is 7.74. The van der Waals surface area contributed by atoms with Crippen LogP contribution < -0.4 is 10.0 Å². The Balaban J connectivity index is 1.67. The molecule has 0 saturated carbocycles. The van der Waals surface area contributed by atoms with E-state index < -0.39 is 20.9 Å². The number of nitro groups is 1. The number of anilines is 2. The first-order valence-electron chi connectivity index (χ1n) is 7.76. The van der Waals surface area contributed by atoms with Gasteiger partial charge in [0, 0.05) is 17.3 Å². The van der Waals surface area contributed by atoms with Gasteiger partial charge in [-0.1, -0.05) is 5.10 Å². The third-order valence-corrected chi connectivity index (χ3v) is 5.64. The van der Waals surface area contributed by atoms with Crippen molar-refractivity contribution in [2.45, 2.75) is 18.4 Å². The molecule has 3 rings (SSSR count). The van der Waals surface area contributed by atoms with Gasteiger partial charge in [0.05, 0.1) is 16.7 Å². The number of aromatic nitrogens is 3. The Hall–Kier alpha value is -3.32. The number of carbonyl (C=O) groups is 1. The molecule has 146 valence electrons. The average Bonchev–Trinajstić information content (AvgIpc) is 3.24. The molecule has 0 aliphatic heterocycles. The highest BCUT2D eigenvalue weighted by Gasteiger charge is 2.20. The van der Waals surface area contributed by atoms with Crippen molar-refractivity contribution in [3.05, 3.63) is 57.7 Å². The summed E-state index contributed by atoms with van der Waals surface area (Å²) < 4.78 is 27.9. The van der Waals surface area contributed by atoms with E-state index in [0.717, 1.165) is 16.0 Å². The van der Waals surface area contributed by atoms with Gasteiger partial charge in [-0.05, 0) is 36.1 Å². The molecule has 0 fully saturated rings.